The molecule has 0 spiro atoms. The summed E-state index contributed by atoms with van der Waals surface area (Å²) in [5, 5.41) is 3.46. The number of aromatic nitrogens is 2. The van der Waals surface area contributed by atoms with Gasteiger partial charge in [0.05, 0.1) is 5.69 Å². The quantitative estimate of drug-likeness (QED) is 0.929. The van der Waals surface area contributed by atoms with Gasteiger partial charge in [-0.25, -0.2) is 9.97 Å². The Morgan fingerprint density at radius 3 is 2.80 bits per heavy atom. The number of rotatable bonds is 3. The van der Waals surface area contributed by atoms with Crippen LogP contribution in [0.15, 0.2) is 36.4 Å². The lowest BCUT2D eigenvalue weighted by molar-refractivity contribution is 0.370. The number of benzene rings is 1. The molecule has 1 aromatic heterocycles. The lowest BCUT2D eigenvalue weighted by Crippen LogP contribution is -2.31. The Hall–Kier alpha value is -1.74. The van der Waals surface area contributed by atoms with Gasteiger partial charge >= 0.3 is 0 Å². The van der Waals surface area contributed by atoms with E-state index in [-0.39, 0.29) is 0 Å². The molecular weight excluding hydrogens is 246 g/mol. The number of hydrogen-bond donors (Lipinski definition) is 1. The van der Waals surface area contributed by atoms with Crippen LogP contribution < -0.4 is 5.32 Å². The van der Waals surface area contributed by atoms with Crippen molar-refractivity contribution in [3.63, 3.8) is 0 Å². The van der Waals surface area contributed by atoms with E-state index in [9.17, 15) is 0 Å². The number of nitrogens with zero attached hydrogens (tertiary/aromatic N) is 2. The molecule has 2 heterocycles. The molecule has 1 saturated heterocycles. The Morgan fingerprint density at radius 2 is 2.05 bits per heavy atom. The van der Waals surface area contributed by atoms with Gasteiger partial charge in [0, 0.05) is 17.7 Å². The SMILES string of the molecule is Cc1cc(-c2ccccc2)nc(CC2CCCNC2)n1. The van der Waals surface area contributed by atoms with Crippen molar-refractivity contribution in [3.8, 4) is 11.3 Å². The van der Waals surface area contributed by atoms with Crippen LogP contribution in [0.4, 0.5) is 0 Å². The van der Waals surface area contributed by atoms with Crippen LogP contribution in [0.1, 0.15) is 24.4 Å². The molecule has 1 N–H and O–H groups in total. The highest BCUT2D eigenvalue weighted by Crippen LogP contribution is 2.20. The van der Waals surface area contributed by atoms with E-state index in [2.05, 4.69) is 47.6 Å². The summed E-state index contributed by atoms with van der Waals surface area (Å²) in [6, 6.07) is 12.4. The maximum absolute atomic E-state index is 4.76. The summed E-state index contributed by atoms with van der Waals surface area (Å²) in [6.45, 7) is 4.30. The molecule has 1 unspecified atom stereocenters. The third-order valence-corrected chi connectivity index (χ3v) is 3.84. The molecule has 3 heteroatoms. The Labute approximate surface area is 120 Å². The smallest absolute Gasteiger partial charge is 0.129 e. The minimum absolute atomic E-state index is 0.675. The van der Waals surface area contributed by atoms with Gasteiger partial charge in [-0.3, -0.25) is 0 Å². The topological polar surface area (TPSA) is 37.8 Å². The lowest BCUT2D eigenvalue weighted by Gasteiger charge is -2.22. The van der Waals surface area contributed by atoms with E-state index in [0.717, 1.165) is 36.7 Å². The number of hydrogen-bond acceptors (Lipinski definition) is 3. The molecule has 104 valence electrons. The fraction of sp³-hybridized carbons (Fsp3) is 0.412. The normalized spacial score (nSPS) is 18.9. The molecule has 0 amide bonds. The average molecular weight is 267 g/mol. The summed E-state index contributed by atoms with van der Waals surface area (Å²) in [5.74, 6) is 1.66. The van der Waals surface area contributed by atoms with E-state index in [4.69, 9.17) is 4.98 Å². The van der Waals surface area contributed by atoms with E-state index < -0.39 is 0 Å². The van der Waals surface area contributed by atoms with Crippen molar-refractivity contribution in [2.75, 3.05) is 13.1 Å². The standard InChI is InChI=1S/C17H21N3/c1-13-10-16(15-7-3-2-4-8-15)20-17(19-13)11-14-6-5-9-18-12-14/h2-4,7-8,10,14,18H,5-6,9,11-12H2,1H3. The average Bonchev–Trinajstić information content (AvgIpc) is 2.49. The third kappa shape index (κ3) is 3.23. The molecule has 0 aliphatic carbocycles. The van der Waals surface area contributed by atoms with Crippen molar-refractivity contribution >= 4 is 0 Å². The maximum Gasteiger partial charge on any atom is 0.129 e. The highest BCUT2D eigenvalue weighted by molar-refractivity contribution is 5.58. The monoisotopic (exact) mass is 267 g/mol. The molecular formula is C17H21N3. The minimum atomic E-state index is 0.675. The van der Waals surface area contributed by atoms with Crippen LogP contribution in [0.2, 0.25) is 0 Å². The van der Waals surface area contributed by atoms with E-state index in [0.29, 0.717) is 5.92 Å². The molecule has 3 nitrogen and oxygen atoms in total. The van der Waals surface area contributed by atoms with E-state index in [1.807, 2.05) is 6.07 Å². The molecule has 3 rings (SSSR count). The number of aryl methyl sites for hydroxylation is 1. The molecule has 0 bridgehead atoms. The lowest BCUT2D eigenvalue weighted by atomic mass is 9.96. The first kappa shape index (κ1) is 13.3. The van der Waals surface area contributed by atoms with Gasteiger partial charge in [0.15, 0.2) is 0 Å². The van der Waals surface area contributed by atoms with Crippen molar-refractivity contribution in [2.45, 2.75) is 26.2 Å². The van der Waals surface area contributed by atoms with E-state index >= 15 is 0 Å². The van der Waals surface area contributed by atoms with Crippen LogP contribution in [-0.4, -0.2) is 23.1 Å². The molecule has 0 saturated carbocycles. The maximum atomic E-state index is 4.76. The van der Waals surface area contributed by atoms with Gasteiger partial charge in [-0.05, 0) is 44.8 Å². The molecule has 1 fully saturated rings. The molecule has 1 atom stereocenters. The highest BCUT2D eigenvalue weighted by atomic mass is 14.9. The third-order valence-electron chi connectivity index (χ3n) is 3.84. The predicted molar refractivity (Wildman–Crippen MR) is 81.5 cm³/mol. The van der Waals surface area contributed by atoms with Crippen LogP contribution in [0.3, 0.4) is 0 Å². The van der Waals surface area contributed by atoms with Crippen LogP contribution in [0.5, 0.6) is 0 Å². The second-order valence-corrected chi connectivity index (χ2v) is 5.59. The van der Waals surface area contributed by atoms with Crippen molar-refractivity contribution < 1.29 is 0 Å². The van der Waals surface area contributed by atoms with Crippen molar-refractivity contribution in [2.24, 2.45) is 5.92 Å². The Bertz CT molecular complexity index is 560. The second kappa shape index (κ2) is 6.14. The molecule has 1 aliphatic heterocycles. The van der Waals surface area contributed by atoms with Gasteiger partial charge in [-0.1, -0.05) is 30.3 Å². The van der Waals surface area contributed by atoms with Crippen LogP contribution in [0.25, 0.3) is 11.3 Å². The molecule has 20 heavy (non-hydrogen) atoms. The Morgan fingerprint density at radius 1 is 1.20 bits per heavy atom. The Kier molecular flexibility index (Phi) is 4.07. The Balaban J connectivity index is 1.83. The zero-order chi connectivity index (χ0) is 13.8. The molecule has 1 aliphatic rings. The van der Waals surface area contributed by atoms with Crippen molar-refractivity contribution in [1.82, 2.24) is 15.3 Å². The zero-order valence-electron chi connectivity index (χ0n) is 12.0. The summed E-state index contributed by atoms with van der Waals surface area (Å²) in [5.41, 5.74) is 3.26. The summed E-state index contributed by atoms with van der Waals surface area (Å²) in [6.07, 6.45) is 3.53. The highest BCUT2D eigenvalue weighted by Gasteiger charge is 2.15. The van der Waals surface area contributed by atoms with Crippen molar-refractivity contribution in [1.29, 1.82) is 0 Å². The first-order chi connectivity index (χ1) is 9.81. The summed E-state index contributed by atoms with van der Waals surface area (Å²) in [7, 11) is 0. The fourth-order valence-corrected chi connectivity index (χ4v) is 2.83. The predicted octanol–water partition coefficient (Wildman–Crippen LogP) is 2.99. The van der Waals surface area contributed by atoms with Gasteiger partial charge in [0.1, 0.15) is 5.82 Å². The molecule has 1 aromatic carbocycles. The van der Waals surface area contributed by atoms with Gasteiger partial charge in [-0.15, -0.1) is 0 Å². The summed E-state index contributed by atoms with van der Waals surface area (Å²) in [4.78, 5) is 9.37. The van der Waals surface area contributed by atoms with Crippen LogP contribution >= 0.6 is 0 Å². The number of piperidine rings is 1. The van der Waals surface area contributed by atoms with E-state index in [1.54, 1.807) is 0 Å². The number of nitrogens with one attached hydrogen (secondary N) is 1. The van der Waals surface area contributed by atoms with E-state index in [1.165, 1.54) is 18.4 Å². The zero-order valence-corrected chi connectivity index (χ0v) is 12.0. The first-order valence-corrected chi connectivity index (χ1v) is 7.42. The van der Waals surface area contributed by atoms with Crippen molar-refractivity contribution in [3.05, 3.63) is 47.9 Å². The summed E-state index contributed by atoms with van der Waals surface area (Å²) >= 11 is 0. The molecule has 0 radical (unpaired) electrons. The van der Waals surface area contributed by atoms with Crippen LogP contribution in [0, 0.1) is 12.8 Å². The van der Waals surface area contributed by atoms with Gasteiger partial charge in [0.2, 0.25) is 0 Å². The fourth-order valence-electron chi connectivity index (χ4n) is 2.83. The van der Waals surface area contributed by atoms with Gasteiger partial charge in [0.25, 0.3) is 0 Å². The summed E-state index contributed by atoms with van der Waals surface area (Å²) < 4.78 is 0. The van der Waals surface area contributed by atoms with Gasteiger partial charge in [-0.2, -0.15) is 0 Å². The second-order valence-electron chi connectivity index (χ2n) is 5.59. The molecule has 2 aromatic rings. The first-order valence-electron chi connectivity index (χ1n) is 7.42. The van der Waals surface area contributed by atoms with Crippen LogP contribution in [-0.2, 0) is 6.42 Å². The largest absolute Gasteiger partial charge is 0.316 e. The minimum Gasteiger partial charge on any atom is -0.316 e. The van der Waals surface area contributed by atoms with Gasteiger partial charge < -0.3 is 5.32 Å².